The minimum absolute atomic E-state index is 0.0875. The number of nitrogens with one attached hydrogen (secondary N) is 1. The number of likely N-dealkylation sites (tertiary alicyclic amines) is 1. The molecule has 0 radical (unpaired) electrons. The minimum Gasteiger partial charge on any atom is -0.454 e. The van der Waals surface area contributed by atoms with Crippen molar-refractivity contribution < 1.29 is 24.1 Å². The standard InChI is InChI=1S/C18H24N2O5/c21-17-15(19-8-11-3-4-12-13(7-11)24-10-23-12)14-9-22-18(25-14)16(17)20-5-1-2-6-20/h3-4,7,14-19,21H,1-2,5-6,8-10H2/t14-,15-,16+,17-,18+/m0/s1. The zero-order valence-electron chi connectivity index (χ0n) is 14.1. The molecule has 3 saturated heterocycles. The van der Waals surface area contributed by atoms with Crippen LogP contribution in [0.3, 0.4) is 0 Å². The summed E-state index contributed by atoms with van der Waals surface area (Å²) in [6, 6.07) is 5.69. The largest absolute Gasteiger partial charge is 0.454 e. The van der Waals surface area contributed by atoms with Crippen molar-refractivity contribution in [1.29, 1.82) is 0 Å². The molecule has 25 heavy (non-hydrogen) atoms. The average Bonchev–Trinajstić information content (AvgIpc) is 3.36. The number of aliphatic hydroxyl groups excluding tert-OH is 1. The first-order chi connectivity index (χ1) is 12.3. The number of hydrogen-bond acceptors (Lipinski definition) is 7. The van der Waals surface area contributed by atoms with Crippen LogP contribution in [0, 0.1) is 0 Å². The Balaban J connectivity index is 1.29. The van der Waals surface area contributed by atoms with E-state index in [0.717, 1.165) is 30.2 Å². The Morgan fingerprint density at radius 3 is 2.88 bits per heavy atom. The summed E-state index contributed by atoms with van der Waals surface area (Å²) in [7, 11) is 0. The van der Waals surface area contributed by atoms with Crippen molar-refractivity contribution in [3.63, 3.8) is 0 Å². The first kappa shape index (κ1) is 15.8. The summed E-state index contributed by atoms with van der Waals surface area (Å²) in [5.74, 6) is 1.56. The highest BCUT2D eigenvalue weighted by Crippen LogP contribution is 2.34. The van der Waals surface area contributed by atoms with Crippen LogP contribution in [0.25, 0.3) is 0 Å². The molecule has 7 heteroatoms. The smallest absolute Gasteiger partial charge is 0.231 e. The maximum Gasteiger partial charge on any atom is 0.231 e. The van der Waals surface area contributed by atoms with Gasteiger partial charge in [-0.3, -0.25) is 4.90 Å². The molecular formula is C18H24N2O5. The number of rotatable bonds is 4. The number of benzene rings is 1. The molecule has 136 valence electrons. The van der Waals surface area contributed by atoms with Crippen molar-refractivity contribution in [2.75, 3.05) is 26.5 Å². The van der Waals surface area contributed by atoms with Crippen LogP contribution in [0.15, 0.2) is 18.2 Å². The Morgan fingerprint density at radius 1 is 1.16 bits per heavy atom. The van der Waals surface area contributed by atoms with E-state index in [4.69, 9.17) is 18.9 Å². The molecule has 5 rings (SSSR count). The summed E-state index contributed by atoms with van der Waals surface area (Å²) in [5, 5.41) is 14.5. The molecule has 3 fully saturated rings. The highest BCUT2D eigenvalue weighted by atomic mass is 16.7. The maximum absolute atomic E-state index is 11.0. The van der Waals surface area contributed by atoms with E-state index in [9.17, 15) is 5.11 Å². The van der Waals surface area contributed by atoms with Crippen molar-refractivity contribution in [3.05, 3.63) is 23.8 Å². The van der Waals surface area contributed by atoms with Crippen molar-refractivity contribution in [2.24, 2.45) is 0 Å². The van der Waals surface area contributed by atoms with E-state index < -0.39 is 6.10 Å². The highest BCUT2D eigenvalue weighted by molar-refractivity contribution is 5.44. The van der Waals surface area contributed by atoms with Crippen LogP contribution < -0.4 is 14.8 Å². The van der Waals surface area contributed by atoms with E-state index >= 15 is 0 Å². The third-order valence-corrected chi connectivity index (χ3v) is 5.67. The van der Waals surface area contributed by atoms with Crippen LogP contribution >= 0.6 is 0 Å². The molecule has 0 aromatic heterocycles. The average molecular weight is 348 g/mol. The fourth-order valence-corrected chi connectivity index (χ4v) is 4.37. The highest BCUT2D eigenvalue weighted by Gasteiger charge is 2.52. The first-order valence-electron chi connectivity index (χ1n) is 9.11. The lowest BCUT2D eigenvalue weighted by atomic mass is 9.94. The molecule has 7 nitrogen and oxygen atoms in total. The number of ether oxygens (including phenoxy) is 4. The fourth-order valence-electron chi connectivity index (χ4n) is 4.37. The number of fused-ring (bicyclic) bond motifs is 3. The Bertz CT molecular complexity index is 634. The van der Waals surface area contributed by atoms with Gasteiger partial charge < -0.3 is 29.4 Å². The molecule has 2 bridgehead atoms. The Morgan fingerprint density at radius 2 is 2.00 bits per heavy atom. The van der Waals surface area contributed by atoms with Gasteiger partial charge in [-0.05, 0) is 43.6 Å². The second-order valence-corrected chi connectivity index (χ2v) is 7.19. The van der Waals surface area contributed by atoms with Gasteiger partial charge in [0.15, 0.2) is 17.8 Å². The van der Waals surface area contributed by atoms with Crippen molar-refractivity contribution in [2.45, 2.75) is 50.0 Å². The SMILES string of the molecule is O[C@H]1[C@@H](NCc2ccc3c(c2)OCO3)[C@@H]2CO[C@H](O2)[C@@H]1N1CCCC1. The predicted molar refractivity (Wildman–Crippen MR) is 88.4 cm³/mol. The normalized spacial score (nSPS) is 36.9. The molecule has 0 aliphatic carbocycles. The van der Waals surface area contributed by atoms with Gasteiger partial charge in [0.2, 0.25) is 6.79 Å². The van der Waals surface area contributed by atoms with E-state index in [2.05, 4.69) is 10.2 Å². The van der Waals surface area contributed by atoms with Gasteiger partial charge in [-0.2, -0.15) is 0 Å². The number of nitrogens with zero attached hydrogens (tertiary/aromatic N) is 1. The van der Waals surface area contributed by atoms with Crippen molar-refractivity contribution in [3.8, 4) is 11.5 Å². The van der Waals surface area contributed by atoms with E-state index in [0.29, 0.717) is 13.2 Å². The summed E-state index contributed by atoms with van der Waals surface area (Å²) in [5.41, 5.74) is 1.09. The Hall–Kier alpha value is -1.38. The monoisotopic (exact) mass is 348 g/mol. The van der Waals surface area contributed by atoms with E-state index in [1.165, 1.54) is 12.8 Å². The van der Waals surface area contributed by atoms with Crippen LogP contribution in [0.4, 0.5) is 0 Å². The topological polar surface area (TPSA) is 72.4 Å². The molecule has 0 spiro atoms. The zero-order valence-corrected chi connectivity index (χ0v) is 14.1. The lowest BCUT2D eigenvalue weighted by Crippen LogP contribution is -2.63. The summed E-state index contributed by atoms with van der Waals surface area (Å²) in [4.78, 5) is 2.31. The lowest BCUT2D eigenvalue weighted by Gasteiger charge is -2.42. The molecule has 4 heterocycles. The number of aliphatic hydroxyl groups is 1. The molecule has 0 amide bonds. The Kier molecular flexibility index (Phi) is 4.06. The van der Waals surface area contributed by atoms with Gasteiger partial charge in [0.1, 0.15) is 6.10 Å². The summed E-state index contributed by atoms with van der Waals surface area (Å²) < 4.78 is 22.6. The molecule has 1 aromatic rings. The van der Waals surface area contributed by atoms with Crippen LogP contribution in [0.2, 0.25) is 0 Å². The fraction of sp³-hybridized carbons (Fsp3) is 0.667. The molecule has 5 atom stereocenters. The quantitative estimate of drug-likeness (QED) is 0.819. The van der Waals surface area contributed by atoms with Gasteiger partial charge in [-0.1, -0.05) is 6.07 Å². The van der Waals surface area contributed by atoms with Crippen LogP contribution in [-0.2, 0) is 16.0 Å². The van der Waals surface area contributed by atoms with Gasteiger partial charge in [0, 0.05) is 6.54 Å². The Labute approximate surface area is 146 Å². The van der Waals surface area contributed by atoms with Crippen LogP contribution in [-0.4, -0.2) is 67.1 Å². The minimum atomic E-state index is -0.502. The van der Waals surface area contributed by atoms with Crippen LogP contribution in [0.1, 0.15) is 18.4 Å². The van der Waals surface area contributed by atoms with Crippen molar-refractivity contribution >= 4 is 0 Å². The van der Waals surface area contributed by atoms with Gasteiger partial charge in [0.05, 0.1) is 24.8 Å². The molecule has 0 saturated carbocycles. The van der Waals surface area contributed by atoms with Gasteiger partial charge in [0.25, 0.3) is 0 Å². The third kappa shape index (κ3) is 2.80. The maximum atomic E-state index is 11.0. The van der Waals surface area contributed by atoms with Crippen LogP contribution in [0.5, 0.6) is 11.5 Å². The predicted octanol–water partition coefficient (Wildman–Crippen LogP) is 0.454. The van der Waals surface area contributed by atoms with Gasteiger partial charge in [-0.25, -0.2) is 0 Å². The van der Waals surface area contributed by atoms with E-state index in [1.54, 1.807) is 0 Å². The summed E-state index contributed by atoms with van der Waals surface area (Å²) in [6.45, 7) is 3.45. The second kappa shape index (κ2) is 6.41. The molecule has 4 aliphatic rings. The lowest BCUT2D eigenvalue weighted by molar-refractivity contribution is -0.179. The first-order valence-corrected chi connectivity index (χ1v) is 9.11. The molecular weight excluding hydrogens is 324 g/mol. The molecule has 1 aromatic carbocycles. The number of hydrogen-bond donors (Lipinski definition) is 2. The third-order valence-electron chi connectivity index (χ3n) is 5.67. The summed E-state index contributed by atoms with van der Waals surface area (Å²) in [6.07, 6.45) is 1.44. The zero-order chi connectivity index (χ0) is 16.8. The molecule has 0 unspecified atom stereocenters. The summed E-state index contributed by atoms with van der Waals surface area (Å²) >= 11 is 0. The van der Waals surface area contributed by atoms with Crippen molar-refractivity contribution in [1.82, 2.24) is 10.2 Å². The van der Waals surface area contributed by atoms with Gasteiger partial charge in [-0.15, -0.1) is 0 Å². The molecule has 2 N–H and O–H groups in total. The van der Waals surface area contributed by atoms with E-state index in [-0.39, 0.29) is 31.3 Å². The van der Waals surface area contributed by atoms with Gasteiger partial charge >= 0.3 is 0 Å². The molecule has 4 aliphatic heterocycles. The van der Waals surface area contributed by atoms with E-state index in [1.807, 2.05) is 18.2 Å². The second-order valence-electron chi connectivity index (χ2n) is 7.19.